The second-order valence-electron chi connectivity index (χ2n) is 7.69. The number of aromatic nitrogens is 1. The molecule has 174 valence electrons. The van der Waals surface area contributed by atoms with Crippen molar-refractivity contribution in [1.29, 1.82) is 0 Å². The Morgan fingerprint density at radius 1 is 1.00 bits per heavy atom. The average Bonchev–Trinajstić information content (AvgIpc) is 3.42. The molecule has 4 aromatic rings. The van der Waals surface area contributed by atoms with E-state index in [2.05, 4.69) is 0 Å². The smallest absolute Gasteiger partial charge is 0.375 e. The first-order chi connectivity index (χ1) is 16.2. The summed E-state index contributed by atoms with van der Waals surface area (Å²) in [6.45, 7) is 3.12. The molecule has 0 unspecified atom stereocenters. The Morgan fingerprint density at radius 2 is 1.68 bits per heavy atom. The lowest BCUT2D eigenvalue weighted by Gasteiger charge is -2.10. The van der Waals surface area contributed by atoms with Crippen molar-refractivity contribution in [1.82, 2.24) is 4.57 Å². The van der Waals surface area contributed by atoms with Crippen molar-refractivity contribution in [3.8, 4) is 16.8 Å². The average molecular weight is 479 g/mol. The number of Topliss-reactive ketones (excluding diaryl/α,β-unsaturated/α-hetero) is 1. The number of benzene rings is 2. The highest BCUT2D eigenvalue weighted by Crippen LogP contribution is 2.26. The SMILES string of the molecule is Cc1cc(C(=O)COC(=O)c2occc2-c2ccccc2)c(C)n1-c1ccc(S(N)(=O)=O)cc1. The minimum atomic E-state index is -3.80. The second kappa shape index (κ2) is 9.12. The number of aryl methyl sites for hydroxylation is 1. The van der Waals surface area contributed by atoms with Gasteiger partial charge in [0.15, 0.2) is 6.61 Å². The number of sulfonamides is 1. The van der Waals surface area contributed by atoms with E-state index in [4.69, 9.17) is 14.3 Å². The summed E-state index contributed by atoms with van der Waals surface area (Å²) in [6.07, 6.45) is 1.40. The molecule has 4 rings (SSSR count). The normalized spacial score (nSPS) is 11.4. The molecule has 0 aliphatic rings. The molecule has 34 heavy (non-hydrogen) atoms. The first-order valence-electron chi connectivity index (χ1n) is 10.3. The fraction of sp³-hybridized carbons (Fsp3) is 0.120. The van der Waals surface area contributed by atoms with Gasteiger partial charge in [0.2, 0.25) is 21.6 Å². The topological polar surface area (TPSA) is 122 Å². The molecule has 0 saturated heterocycles. The quantitative estimate of drug-likeness (QED) is 0.316. The number of hydrogen-bond donors (Lipinski definition) is 1. The van der Waals surface area contributed by atoms with Gasteiger partial charge in [-0.3, -0.25) is 4.79 Å². The largest absolute Gasteiger partial charge is 0.457 e. The third kappa shape index (κ3) is 4.57. The Bertz CT molecular complexity index is 1470. The molecular formula is C25H22N2O6S. The number of furan rings is 1. The number of carbonyl (C=O) groups is 2. The Morgan fingerprint density at radius 3 is 2.32 bits per heavy atom. The molecule has 0 aliphatic carbocycles. The molecule has 8 nitrogen and oxygen atoms in total. The number of esters is 1. The second-order valence-corrected chi connectivity index (χ2v) is 9.25. The predicted molar refractivity (Wildman–Crippen MR) is 125 cm³/mol. The van der Waals surface area contributed by atoms with Crippen LogP contribution in [0.1, 0.15) is 32.3 Å². The third-order valence-corrected chi connectivity index (χ3v) is 6.35. The van der Waals surface area contributed by atoms with E-state index >= 15 is 0 Å². The van der Waals surface area contributed by atoms with Crippen LogP contribution in [0.15, 0.2) is 82.3 Å². The van der Waals surface area contributed by atoms with Gasteiger partial charge in [-0.15, -0.1) is 0 Å². The van der Waals surface area contributed by atoms with Crippen LogP contribution in [0.25, 0.3) is 16.8 Å². The van der Waals surface area contributed by atoms with Gasteiger partial charge in [-0.25, -0.2) is 18.4 Å². The van der Waals surface area contributed by atoms with Gasteiger partial charge in [-0.05, 0) is 55.8 Å². The van der Waals surface area contributed by atoms with Gasteiger partial charge in [-0.2, -0.15) is 0 Å². The zero-order chi connectivity index (χ0) is 24.5. The Hall–Kier alpha value is -3.95. The summed E-state index contributed by atoms with van der Waals surface area (Å²) in [5.41, 5.74) is 3.83. The first kappa shape index (κ1) is 23.2. The van der Waals surface area contributed by atoms with E-state index in [-0.39, 0.29) is 16.4 Å². The lowest BCUT2D eigenvalue weighted by molar-refractivity contribution is 0.0445. The van der Waals surface area contributed by atoms with E-state index in [1.165, 1.54) is 18.4 Å². The number of hydrogen-bond acceptors (Lipinski definition) is 6. The highest BCUT2D eigenvalue weighted by molar-refractivity contribution is 7.89. The summed E-state index contributed by atoms with van der Waals surface area (Å²) in [4.78, 5) is 25.4. The molecule has 0 amide bonds. The van der Waals surface area contributed by atoms with Crippen molar-refractivity contribution in [3.05, 3.63) is 95.7 Å². The summed E-state index contributed by atoms with van der Waals surface area (Å²) in [5.74, 6) is -1.08. The highest BCUT2D eigenvalue weighted by atomic mass is 32.2. The van der Waals surface area contributed by atoms with Gasteiger partial charge in [0.05, 0.1) is 11.2 Å². The fourth-order valence-corrected chi connectivity index (χ4v) is 4.33. The minimum Gasteiger partial charge on any atom is -0.457 e. The van der Waals surface area contributed by atoms with E-state index in [0.29, 0.717) is 22.5 Å². The highest BCUT2D eigenvalue weighted by Gasteiger charge is 2.22. The van der Waals surface area contributed by atoms with Crippen molar-refractivity contribution >= 4 is 21.8 Å². The third-order valence-electron chi connectivity index (χ3n) is 5.42. The lowest BCUT2D eigenvalue weighted by Crippen LogP contribution is -2.15. The van der Waals surface area contributed by atoms with Crippen LogP contribution in [0.5, 0.6) is 0 Å². The van der Waals surface area contributed by atoms with Crippen molar-refractivity contribution in [2.75, 3.05) is 6.61 Å². The van der Waals surface area contributed by atoms with E-state index in [1.807, 2.05) is 41.8 Å². The summed E-state index contributed by atoms with van der Waals surface area (Å²) in [6, 6.07) is 18.6. The molecule has 2 aromatic heterocycles. The molecule has 0 spiro atoms. The molecule has 0 bridgehead atoms. The van der Waals surface area contributed by atoms with Crippen LogP contribution >= 0.6 is 0 Å². The maximum absolute atomic E-state index is 12.9. The van der Waals surface area contributed by atoms with Gasteiger partial charge >= 0.3 is 5.97 Å². The first-order valence-corrected chi connectivity index (χ1v) is 11.9. The Labute approximate surface area is 196 Å². The minimum absolute atomic E-state index is 0.00489. The standard InChI is InChI=1S/C25H22N2O6S/c1-16-14-22(17(2)27(16)19-8-10-20(11-9-19)34(26,30)31)23(28)15-33-25(29)24-21(12-13-32-24)18-6-4-3-5-7-18/h3-14H,15H2,1-2H3,(H2,26,30,31). The number of ketones is 1. The van der Waals surface area contributed by atoms with Gasteiger partial charge in [0, 0.05) is 28.2 Å². The van der Waals surface area contributed by atoms with Crippen molar-refractivity contribution in [2.24, 2.45) is 5.14 Å². The molecule has 2 heterocycles. The number of ether oxygens (including phenoxy) is 1. The fourth-order valence-electron chi connectivity index (χ4n) is 3.81. The van der Waals surface area contributed by atoms with Gasteiger partial charge in [0.25, 0.3) is 0 Å². The zero-order valence-corrected chi connectivity index (χ0v) is 19.3. The van der Waals surface area contributed by atoms with Crippen LogP contribution in [-0.4, -0.2) is 31.3 Å². The molecular weight excluding hydrogens is 456 g/mol. The van der Waals surface area contributed by atoms with Crippen LogP contribution in [0, 0.1) is 13.8 Å². The summed E-state index contributed by atoms with van der Waals surface area (Å²) < 4.78 is 35.4. The Balaban J connectivity index is 1.51. The van der Waals surface area contributed by atoms with Crippen molar-refractivity contribution in [3.63, 3.8) is 0 Å². The lowest BCUT2D eigenvalue weighted by atomic mass is 10.1. The molecule has 0 atom stereocenters. The monoisotopic (exact) mass is 478 g/mol. The molecule has 2 N–H and O–H groups in total. The van der Waals surface area contributed by atoms with Crippen LogP contribution in [0.2, 0.25) is 0 Å². The number of nitrogens with zero attached hydrogens (tertiary/aromatic N) is 1. The van der Waals surface area contributed by atoms with Crippen LogP contribution < -0.4 is 5.14 Å². The Kier molecular flexibility index (Phi) is 6.23. The van der Waals surface area contributed by atoms with Crippen LogP contribution in [0.3, 0.4) is 0 Å². The van der Waals surface area contributed by atoms with Crippen LogP contribution in [-0.2, 0) is 14.8 Å². The van der Waals surface area contributed by atoms with E-state index in [9.17, 15) is 18.0 Å². The number of primary sulfonamides is 1. The van der Waals surface area contributed by atoms with Crippen molar-refractivity contribution in [2.45, 2.75) is 18.7 Å². The maximum Gasteiger partial charge on any atom is 0.375 e. The van der Waals surface area contributed by atoms with E-state index in [1.54, 1.807) is 31.2 Å². The van der Waals surface area contributed by atoms with Gasteiger partial charge in [0.1, 0.15) is 0 Å². The molecule has 0 fully saturated rings. The molecule has 9 heteroatoms. The van der Waals surface area contributed by atoms with Crippen LogP contribution in [0.4, 0.5) is 0 Å². The summed E-state index contributed by atoms with van der Waals surface area (Å²) in [7, 11) is -3.80. The number of carbonyl (C=O) groups excluding carboxylic acids is 2. The predicted octanol–water partition coefficient (Wildman–Crippen LogP) is 4.04. The number of rotatable bonds is 7. The van der Waals surface area contributed by atoms with Crippen molar-refractivity contribution < 1.29 is 27.2 Å². The number of nitrogens with two attached hydrogens (primary N) is 1. The molecule has 0 aliphatic heterocycles. The molecule has 0 radical (unpaired) electrons. The molecule has 2 aromatic carbocycles. The van der Waals surface area contributed by atoms with E-state index in [0.717, 1.165) is 11.3 Å². The summed E-state index contributed by atoms with van der Waals surface area (Å²) >= 11 is 0. The van der Waals surface area contributed by atoms with Gasteiger partial charge in [-0.1, -0.05) is 30.3 Å². The van der Waals surface area contributed by atoms with Gasteiger partial charge < -0.3 is 13.7 Å². The zero-order valence-electron chi connectivity index (χ0n) is 18.5. The maximum atomic E-state index is 12.9. The van der Waals surface area contributed by atoms with E-state index < -0.39 is 22.6 Å². The molecule has 0 saturated carbocycles. The summed E-state index contributed by atoms with van der Waals surface area (Å²) in [5, 5.41) is 5.16.